The largest absolute Gasteiger partial charge is 0.484 e. The van der Waals surface area contributed by atoms with E-state index < -0.39 is 0 Å². The van der Waals surface area contributed by atoms with E-state index in [1.165, 1.54) is 12.0 Å². The summed E-state index contributed by atoms with van der Waals surface area (Å²) in [6, 6.07) is 8.54. The zero-order valence-electron chi connectivity index (χ0n) is 17.6. The highest BCUT2D eigenvalue weighted by Gasteiger charge is 2.27. The zero-order chi connectivity index (χ0) is 20.1. The molecule has 1 saturated heterocycles. The number of nitrogens with zero attached hydrogens (tertiary/aromatic N) is 3. The summed E-state index contributed by atoms with van der Waals surface area (Å²) in [6.45, 7) is 11.9. The van der Waals surface area contributed by atoms with Gasteiger partial charge in [0.1, 0.15) is 13.2 Å². The minimum Gasteiger partial charge on any atom is -0.484 e. The highest BCUT2D eigenvalue weighted by Crippen LogP contribution is 2.32. The van der Waals surface area contributed by atoms with Crippen molar-refractivity contribution in [2.45, 2.75) is 45.4 Å². The van der Waals surface area contributed by atoms with Crippen LogP contribution in [0.2, 0.25) is 0 Å². The van der Waals surface area contributed by atoms with Crippen molar-refractivity contribution >= 4 is 11.8 Å². The third-order valence-corrected chi connectivity index (χ3v) is 6.19. The maximum Gasteiger partial charge on any atom is 0.257 e. The van der Waals surface area contributed by atoms with E-state index >= 15 is 0 Å². The number of aryl methyl sites for hydroxylation is 3. The number of likely N-dealkylation sites (tertiary alicyclic amines) is 1. The first kappa shape index (κ1) is 20.9. The molecule has 0 N–H and O–H groups in total. The topological polar surface area (TPSA) is 47.5 Å². The lowest BCUT2D eigenvalue weighted by Gasteiger charge is -2.25. The Morgan fingerprint density at radius 3 is 2.43 bits per heavy atom. The van der Waals surface area contributed by atoms with Crippen LogP contribution in [0.5, 0.6) is 11.6 Å². The SMILES string of the molecule is CSC1CCN(C(C)c2ccc3c(n2)OCCO3)C1.Cc1cc(C)nc(C)c1. The molecule has 6 heteroatoms. The number of aromatic nitrogens is 2. The molecule has 4 rings (SSSR count). The van der Waals surface area contributed by atoms with E-state index in [1.54, 1.807) is 0 Å². The molecular formula is C22H31N3O2S. The number of hydrogen-bond donors (Lipinski definition) is 0. The number of fused-ring (bicyclic) bond motifs is 1. The Hall–Kier alpha value is -1.79. The van der Waals surface area contributed by atoms with Gasteiger partial charge >= 0.3 is 0 Å². The van der Waals surface area contributed by atoms with E-state index in [-0.39, 0.29) is 0 Å². The van der Waals surface area contributed by atoms with Gasteiger partial charge in [-0.25, -0.2) is 4.98 Å². The van der Waals surface area contributed by atoms with Crippen LogP contribution in [0.15, 0.2) is 24.3 Å². The van der Waals surface area contributed by atoms with Crippen molar-refractivity contribution in [1.29, 1.82) is 0 Å². The molecule has 2 unspecified atom stereocenters. The van der Waals surface area contributed by atoms with Crippen molar-refractivity contribution in [1.82, 2.24) is 14.9 Å². The predicted octanol–water partition coefficient (Wildman–Crippen LogP) is 4.36. The molecule has 0 aromatic carbocycles. The maximum atomic E-state index is 5.56. The summed E-state index contributed by atoms with van der Waals surface area (Å²) in [5.41, 5.74) is 4.58. The van der Waals surface area contributed by atoms with Crippen molar-refractivity contribution in [3.63, 3.8) is 0 Å². The van der Waals surface area contributed by atoms with Gasteiger partial charge in [-0.05, 0) is 76.7 Å². The lowest BCUT2D eigenvalue weighted by molar-refractivity contribution is 0.162. The fraction of sp³-hybridized carbons (Fsp3) is 0.545. The molecule has 2 aliphatic heterocycles. The van der Waals surface area contributed by atoms with Gasteiger partial charge in [0.2, 0.25) is 0 Å². The van der Waals surface area contributed by atoms with Crippen LogP contribution in [0.1, 0.15) is 42.0 Å². The van der Waals surface area contributed by atoms with E-state index in [0.717, 1.165) is 41.2 Å². The van der Waals surface area contributed by atoms with E-state index in [1.807, 2.05) is 31.7 Å². The molecule has 1 fully saturated rings. The van der Waals surface area contributed by atoms with Crippen molar-refractivity contribution in [3.8, 4) is 11.6 Å². The molecule has 0 amide bonds. The van der Waals surface area contributed by atoms with Gasteiger partial charge in [-0.2, -0.15) is 11.8 Å². The Morgan fingerprint density at radius 1 is 1.07 bits per heavy atom. The first-order valence-corrected chi connectivity index (χ1v) is 11.2. The lowest BCUT2D eigenvalue weighted by Crippen LogP contribution is -2.26. The van der Waals surface area contributed by atoms with Gasteiger partial charge in [0, 0.05) is 29.2 Å². The number of hydrogen-bond acceptors (Lipinski definition) is 6. The van der Waals surface area contributed by atoms with Crippen LogP contribution < -0.4 is 9.47 Å². The van der Waals surface area contributed by atoms with Crippen molar-refractivity contribution in [2.24, 2.45) is 0 Å². The minimum absolute atomic E-state index is 0.341. The first-order chi connectivity index (χ1) is 13.5. The van der Waals surface area contributed by atoms with Crippen LogP contribution in [0.25, 0.3) is 0 Å². The Bertz CT molecular complexity index is 749. The summed E-state index contributed by atoms with van der Waals surface area (Å²) >= 11 is 1.96. The van der Waals surface area contributed by atoms with Crippen LogP contribution in [-0.2, 0) is 0 Å². The molecule has 0 spiro atoms. The summed E-state index contributed by atoms with van der Waals surface area (Å²) in [5.74, 6) is 1.42. The second-order valence-corrected chi connectivity index (χ2v) is 8.62. The molecule has 2 aromatic heterocycles. The molecule has 0 saturated carbocycles. The van der Waals surface area contributed by atoms with Gasteiger partial charge in [0.15, 0.2) is 5.75 Å². The van der Waals surface area contributed by atoms with E-state index in [9.17, 15) is 0 Å². The Labute approximate surface area is 172 Å². The third-order valence-electron chi connectivity index (χ3n) is 5.14. The molecule has 152 valence electrons. The fourth-order valence-corrected chi connectivity index (χ4v) is 4.39. The Morgan fingerprint density at radius 2 is 1.79 bits per heavy atom. The second-order valence-electron chi connectivity index (χ2n) is 7.48. The second kappa shape index (κ2) is 9.61. The zero-order valence-corrected chi connectivity index (χ0v) is 18.4. The maximum absolute atomic E-state index is 5.56. The number of thioether (sulfide) groups is 1. The standard InChI is InChI=1S/C14H20N2O2S.C8H11N/c1-10(16-6-5-11(9-16)19-2)12-3-4-13-14(15-12)18-8-7-17-13;1-6-4-7(2)9-8(3)5-6/h3-4,10-11H,5-9H2,1-2H3;4-5H,1-3H3. The van der Waals surface area contributed by atoms with Gasteiger partial charge in [-0.1, -0.05) is 0 Å². The molecule has 0 radical (unpaired) electrons. The first-order valence-electron chi connectivity index (χ1n) is 9.91. The lowest BCUT2D eigenvalue weighted by atomic mass is 10.2. The average molecular weight is 402 g/mol. The quantitative estimate of drug-likeness (QED) is 0.762. The normalized spacial score (nSPS) is 19.7. The van der Waals surface area contributed by atoms with Crippen LogP contribution in [0.4, 0.5) is 0 Å². The number of ether oxygens (including phenoxy) is 2. The summed E-state index contributed by atoms with van der Waals surface area (Å²) in [5, 5.41) is 0.764. The summed E-state index contributed by atoms with van der Waals surface area (Å²) < 4.78 is 11.1. The molecule has 2 atom stereocenters. The molecule has 0 bridgehead atoms. The van der Waals surface area contributed by atoms with Gasteiger partial charge in [-0.3, -0.25) is 9.88 Å². The fourth-order valence-electron chi connectivity index (χ4n) is 3.71. The molecule has 2 aliphatic rings. The Balaban J connectivity index is 0.000000211. The van der Waals surface area contributed by atoms with Crippen LogP contribution >= 0.6 is 11.8 Å². The third kappa shape index (κ3) is 5.39. The Kier molecular flexibility index (Phi) is 7.18. The molecular weight excluding hydrogens is 370 g/mol. The molecule has 0 aliphatic carbocycles. The van der Waals surface area contributed by atoms with E-state index in [0.29, 0.717) is 25.1 Å². The van der Waals surface area contributed by atoms with Crippen LogP contribution in [0.3, 0.4) is 0 Å². The van der Waals surface area contributed by atoms with Gasteiger partial charge in [0.25, 0.3) is 5.88 Å². The highest BCUT2D eigenvalue weighted by molar-refractivity contribution is 7.99. The molecule has 4 heterocycles. The predicted molar refractivity (Wildman–Crippen MR) is 116 cm³/mol. The van der Waals surface area contributed by atoms with Gasteiger partial charge in [-0.15, -0.1) is 0 Å². The van der Waals surface area contributed by atoms with Crippen molar-refractivity contribution in [3.05, 3.63) is 46.9 Å². The summed E-state index contributed by atoms with van der Waals surface area (Å²) in [6.07, 6.45) is 3.47. The monoisotopic (exact) mass is 401 g/mol. The van der Waals surface area contributed by atoms with Gasteiger partial charge < -0.3 is 9.47 Å². The molecule has 2 aromatic rings. The van der Waals surface area contributed by atoms with Crippen molar-refractivity contribution in [2.75, 3.05) is 32.6 Å². The van der Waals surface area contributed by atoms with Crippen LogP contribution in [-0.4, -0.2) is 52.7 Å². The van der Waals surface area contributed by atoms with Crippen LogP contribution in [0, 0.1) is 20.8 Å². The highest BCUT2D eigenvalue weighted by atomic mass is 32.2. The molecule has 5 nitrogen and oxygen atoms in total. The summed E-state index contributed by atoms with van der Waals surface area (Å²) in [4.78, 5) is 11.3. The smallest absolute Gasteiger partial charge is 0.257 e. The van der Waals surface area contributed by atoms with E-state index in [4.69, 9.17) is 9.47 Å². The van der Waals surface area contributed by atoms with Crippen molar-refractivity contribution < 1.29 is 9.47 Å². The average Bonchev–Trinajstić information content (AvgIpc) is 3.15. The number of pyridine rings is 2. The summed E-state index contributed by atoms with van der Waals surface area (Å²) in [7, 11) is 0. The minimum atomic E-state index is 0.341. The van der Waals surface area contributed by atoms with Gasteiger partial charge in [0.05, 0.1) is 5.69 Å². The van der Waals surface area contributed by atoms with E-state index in [2.05, 4.69) is 53.2 Å². The number of rotatable bonds is 3. The molecule has 28 heavy (non-hydrogen) atoms.